The minimum atomic E-state index is -0.387. The predicted octanol–water partition coefficient (Wildman–Crippen LogP) is 4.42. The SMILES string of the molecule is COC(=O)c1ccc(Nc2cnnc(Nc3c(C)cc(C)cc3Cl)n2)cc1. The fraction of sp³-hybridized carbons (Fsp3) is 0.158. The molecule has 0 bridgehead atoms. The molecular weight excluding hydrogens is 366 g/mol. The molecule has 0 atom stereocenters. The Kier molecular flexibility index (Phi) is 5.52. The van der Waals surface area contributed by atoms with Gasteiger partial charge in [0.1, 0.15) is 0 Å². The normalized spacial score (nSPS) is 10.4. The molecule has 0 saturated heterocycles. The van der Waals surface area contributed by atoms with Gasteiger partial charge < -0.3 is 15.4 Å². The van der Waals surface area contributed by atoms with E-state index in [1.807, 2.05) is 26.0 Å². The van der Waals surface area contributed by atoms with E-state index < -0.39 is 0 Å². The van der Waals surface area contributed by atoms with Crippen LogP contribution >= 0.6 is 11.6 Å². The van der Waals surface area contributed by atoms with E-state index in [-0.39, 0.29) is 5.97 Å². The number of benzene rings is 2. The number of hydrogen-bond acceptors (Lipinski definition) is 7. The molecule has 0 amide bonds. The van der Waals surface area contributed by atoms with E-state index >= 15 is 0 Å². The second-order valence-corrected chi connectivity index (χ2v) is 6.33. The Balaban J connectivity index is 1.77. The van der Waals surface area contributed by atoms with Crippen LogP contribution in [0.15, 0.2) is 42.6 Å². The van der Waals surface area contributed by atoms with Crippen molar-refractivity contribution in [3.8, 4) is 0 Å². The first-order chi connectivity index (χ1) is 13.0. The number of methoxy groups -OCH3 is 1. The van der Waals surface area contributed by atoms with E-state index in [1.165, 1.54) is 13.3 Å². The molecular formula is C19H18ClN5O2. The molecule has 8 heteroatoms. The van der Waals surface area contributed by atoms with Gasteiger partial charge in [-0.2, -0.15) is 10.1 Å². The zero-order chi connectivity index (χ0) is 19.4. The quantitative estimate of drug-likeness (QED) is 0.630. The maximum absolute atomic E-state index is 11.5. The molecule has 0 fully saturated rings. The molecule has 27 heavy (non-hydrogen) atoms. The zero-order valence-electron chi connectivity index (χ0n) is 15.1. The zero-order valence-corrected chi connectivity index (χ0v) is 15.8. The lowest BCUT2D eigenvalue weighted by atomic mass is 10.1. The van der Waals surface area contributed by atoms with Gasteiger partial charge >= 0.3 is 5.97 Å². The fourth-order valence-electron chi connectivity index (χ4n) is 2.56. The van der Waals surface area contributed by atoms with Gasteiger partial charge in [0.25, 0.3) is 0 Å². The van der Waals surface area contributed by atoms with Crippen LogP contribution in [-0.4, -0.2) is 28.3 Å². The van der Waals surface area contributed by atoms with Gasteiger partial charge in [-0.15, -0.1) is 5.10 Å². The molecule has 0 saturated carbocycles. The first kappa shape index (κ1) is 18.6. The number of ether oxygens (including phenoxy) is 1. The predicted molar refractivity (Wildman–Crippen MR) is 105 cm³/mol. The highest BCUT2D eigenvalue weighted by atomic mass is 35.5. The summed E-state index contributed by atoms with van der Waals surface area (Å²) in [6.07, 6.45) is 1.50. The third kappa shape index (κ3) is 4.51. The Morgan fingerprint density at radius 3 is 2.52 bits per heavy atom. The van der Waals surface area contributed by atoms with E-state index in [0.717, 1.165) is 22.5 Å². The summed E-state index contributed by atoms with van der Waals surface area (Å²) in [6.45, 7) is 3.94. The first-order valence-electron chi connectivity index (χ1n) is 8.15. The number of esters is 1. The lowest BCUT2D eigenvalue weighted by Crippen LogP contribution is -2.04. The van der Waals surface area contributed by atoms with Gasteiger partial charge in [0, 0.05) is 5.69 Å². The Hall–Kier alpha value is -3.19. The summed E-state index contributed by atoms with van der Waals surface area (Å²) in [5, 5.41) is 14.8. The minimum absolute atomic E-state index is 0.319. The van der Waals surface area contributed by atoms with Crippen molar-refractivity contribution in [2.75, 3.05) is 17.7 Å². The number of carbonyl (C=O) groups is 1. The smallest absolute Gasteiger partial charge is 0.337 e. The number of rotatable bonds is 5. The van der Waals surface area contributed by atoms with Gasteiger partial charge in [-0.25, -0.2) is 4.79 Å². The first-order valence-corrected chi connectivity index (χ1v) is 8.53. The minimum Gasteiger partial charge on any atom is -0.465 e. The maximum Gasteiger partial charge on any atom is 0.337 e. The van der Waals surface area contributed by atoms with Crippen molar-refractivity contribution >= 4 is 40.7 Å². The summed E-state index contributed by atoms with van der Waals surface area (Å²) in [5.74, 6) is 0.432. The van der Waals surface area contributed by atoms with Crippen molar-refractivity contribution in [2.45, 2.75) is 13.8 Å². The van der Waals surface area contributed by atoms with Gasteiger partial charge in [-0.1, -0.05) is 17.7 Å². The molecule has 0 radical (unpaired) electrons. The molecule has 1 heterocycles. The third-order valence-electron chi connectivity index (χ3n) is 3.81. The van der Waals surface area contributed by atoms with Gasteiger partial charge in [-0.05, 0) is 55.3 Å². The van der Waals surface area contributed by atoms with Crippen LogP contribution in [0.3, 0.4) is 0 Å². The molecule has 1 aromatic heterocycles. The second-order valence-electron chi connectivity index (χ2n) is 5.92. The van der Waals surface area contributed by atoms with Crippen LogP contribution in [0.1, 0.15) is 21.5 Å². The number of hydrogen-bond donors (Lipinski definition) is 2. The molecule has 2 N–H and O–H groups in total. The van der Waals surface area contributed by atoms with Gasteiger partial charge in [0.05, 0.1) is 29.6 Å². The molecule has 3 rings (SSSR count). The van der Waals surface area contributed by atoms with Crippen LogP contribution in [-0.2, 0) is 4.74 Å². The van der Waals surface area contributed by atoms with E-state index in [9.17, 15) is 4.79 Å². The molecule has 0 unspecified atom stereocenters. The average molecular weight is 384 g/mol. The summed E-state index contributed by atoms with van der Waals surface area (Å²) < 4.78 is 4.68. The van der Waals surface area contributed by atoms with E-state index in [4.69, 9.17) is 11.6 Å². The topological polar surface area (TPSA) is 89.0 Å². The van der Waals surface area contributed by atoms with Crippen molar-refractivity contribution in [3.63, 3.8) is 0 Å². The van der Waals surface area contributed by atoms with Crippen LogP contribution in [0, 0.1) is 13.8 Å². The highest BCUT2D eigenvalue weighted by molar-refractivity contribution is 6.33. The van der Waals surface area contributed by atoms with Crippen molar-refractivity contribution < 1.29 is 9.53 Å². The molecule has 7 nitrogen and oxygen atoms in total. The number of nitrogens with one attached hydrogen (secondary N) is 2. The number of carbonyl (C=O) groups excluding carboxylic acids is 1. The number of aromatic nitrogens is 3. The summed E-state index contributed by atoms with van der Waals surface area (Å²) >= 11 is 6.31. The third-order valence-corrected chi connectivity index (χ3v) is 4.10. The summed E-state index contributed by atoms with van der Waals surface area (Å²) in [7, 11) is 1.34. The number of halogens is 1. The molecule has 0 spiro atoms. The van der Waals surface area contributed by atoms with Crippen molar-refractivity contribution in [2.24, 2.45) is 0 Å². The monoisotopic (exact) mass is 383 g/mol. The second kappa shape index (κ2) is 8.01. The highest BCUT2D eigenvalue weighted by Crippen LogP contribution is 2.29. The molecule has 2 aromatic carbocycles. The summed E-state index contributed by atoms with van der Waals surface area (Å²) in [6, 6.07) is 10.7. The van der Waals surface area contributed by atoms with Crippen LogP contribution in [0.4, 0.5) is 23.1 Å². The van der Waals surface area contributed by atoms with Crippen molar-refractivity contribution in [3.05, 3.63) is 64.3 Å². The van der Waals surface area contributed by atoms with E-state index in [2.05, 4.69) is 30.6 Å². The van der Waals surface area contributed by atoms with Crippen LogP contribution in [0.2, 0.25) is 5.02 Å². The molecule has 0 aliphatic heterocycles. The summed E-state index contributed by atoms with van der Waals surface area (Å²) in [4.78, 5) is 15.9. The molecule has 0 aliphatic rings. The molecule has 0 aliphatic carbocycles. The van der Waals surface area contributed by atoms with Crippen LogP contribution < -0.4 is 10.6 Å². The van der Waals surface area contributed by atoms with E-state index in [1.54, 1.807) is 24.3 Å². The van der Waals surface area contributed by atoms with Crippen molar-refractivity contribution in [1.82, 2.24) is 15.2 Å². The Labute approximate surface area is 161 Å². The largest absolute Gasteiger partial charge is 0.465 e. The van der Waals surface area contributed by atoms with Crippen LogP contribution in [0.5, 0.6) is 0 Å². The Morgan fingerprint density at radius 1 is 1.11 bits per heavy atom. The summed E-state index contributed by atoms with van der Waals surface area (Å²) in [5.41, 5.74) is 4.02. The number of nitrogens with zero attached hydrogens (tertiary/aromatic N) is 3. The average Bonchev–Trinajstić information content (AvgIpc) is 2.65. The number of anilines is 4. The Bertz CT molecular complexity index is 953. The van der Waals surface area contributed by atoms with Crippen LogP contribution in [0.25, 0.3) is 0 Å². The molecule has 3 aromatic rings. The highest BCUT2D eigenvalue weighted by Gasteiger charge is 2.09. The standard InChI is InChI=1S/C19H18ClN5O2/c1-11-8-12(2)17(15(20)9-11)24-19-23-16(10-21-25-19)22-14-6-4-13(5-7-14)18(26)27-3/h4-10H,1-3H3,(H2,22,23,24,25). The van der Waals surface area contributed by atoms with Gasteiger partial charge in [0.2, 0.25) is 5.95 Å². The lowest BCUT2D eigenvalue weighted by Gasteiger charge is -2.12. The van der Waals surface area contributed by atoms with E-state index in [0.29, 0.717) is 22.4 Å². The van der Waals surface area contributed by atoms with Gasteiger partial charge in [-0.3, -0.25) is 0 Å². The number of aryl methyl sites for hydroxylation is 2. The van der Waals surface area contributed by atoms with Crippen molar-refractivity contribution in [1.29, 1.82) is 0 Å². The van der Waals surface area contributed by atoms with Gasteiger partial charge in [0.15, 0.2) is 5.82 Å². The maximum atomic E-state index is 11.5. The Morgan fingerprint density at radius 2 is 1.85 bits per heavy atom. The fourth-order valence-corrected chi connectivity index (χ4v) is 2.93. The molecule has 138 valence electrons. The lowest BCUT2D eigenvalue weighted by molar-refractivity contribution is 0.0601.